The summed E-state index contributed by atoms with van der Waals surface area (Å²) in [6.07, 6.45) is -19.0. The lowest BCUT2D eigenvalue weighted by molar-refractivity contribution is -0.296. The van der Waals surface area contributed by atoms with E-state index in [2.05, 4.69) is 0 Å². The number of methoxy groups -OCH3 is 2. The molecule has 25 heteroatoms. The van der Waals surface area contributed by atoms with E-state index in [0.29, 0.717) is 5.56 Å². The number of fused-ring (bicyclic) bond motifs is 1. The molecule has 2 fully saturated rings. The maximum Gasteiger partial charge on any atom is 0.330 e. The smallest absolute Gasteiger partial charge is 0.330 e. The van der Waals surface area contributed by atoms with Gasteiger partial charge in [-0.2, -0.15) is 0 Å². The van der Waals surface area contributed by atoms with Crippen LogP contribution in [0.5, 0.6) is 40.2 Å². The van der Waals surface area contributed by atoms with Gasteiger partial charge < -0.3 is 98.4 Å². The fraction of sp³-hybridized carbons (Fsp3) is 0.386. The predicted molar refractivity (Wildman–Crippen MR) is 224 cm³/mol. The largest absolute Gasteiger partial charge is 0.571 e. The van der Waals surface area contributed by atoms with Crippen LogP contribution in [0.1, 0.15) is 35.6 Å². The lowest BCUT2D eigenvalue weighted by Crippen LogP contribution is -2.61. The summed E-state index contributed by atoms with van der Waals surface area (Å²) >= 11 is 0. The number of hydrogen-bond donors (Lipinski definition) is 10. The molecule has 0 saturated carbocycles. The number of rotatable bonds is 18. The van der Waals surface area contributed by atoms with Gasteiger partial charge in [0.15, 0.2) is 23.4 Å². The fourth-order valence-electron chi connectivity index (χ4n) is 7.10. The summed E-state index contributed by atoms with van der Waals surface area (Å²) in [6.45, 7) is -1.59. The van der Waals surface area contributed by atoms with Gasteiger partial charge in [0.1, 0.15) is 91.6 Å². The van der Waals surface area contributed by atoms with Crippen molar-refractivity contribution in [3.05, 3.63) is 77.1 Å². The number of aliphatic carboxylic acids is 2. The van der Waals surface area contributed by atoms with Gasteiger partial charge in [-0.05, 0) is 35.9 Å². The maximum absolute atomic E-state index is 12.6. The highest BCUT2D eigenvalue weighted by Gasteiger charge is 2.50. The molecule has 0 aliphatic carbocycles. The summed E-state index contributed by atoms with van der Waals surface area (Å²) in [5.41, 5.74) is 0.644. The monoisotopic (exact) mass is 975 g/mol. The lowest BCUT2D eigenvalue weighted by Gasteiger charge is -2.42. The predicted octanol–water partition coefficient (Wildman–Crippen LogP) is -0.532. The fourth-order valence-corrected chi connectivity index (χ4v) is 7.10. The highest BCUT2D eigenvalue weighted by Crippen LogP contribution is 2.49. The van der Waals surface area contributed by atoms with E-state index >= 15 is 0 Å². The van der Waals surface area contributed by atoms with Gasteiger partial charge in [-0.1, -0.05) is 12.1 Å². The molecule has 11 unspecified atom stereocenters. The molecule has 25 nitrogen and oxygen atoms in total. The number of hydrogen-bond acceptors (Lipinski definition) is 22. The first-order chi connectivity index (χ1) is 32.8. The first-order valence-corrected chi connectivity index (χ1v) is 20.5. The number of carbonyl (C=O) groups is 5. The Bertz CT molecular complexity index is 2410. The molecule has 6 rings (SSSR count). The van der Waals surface area contributed by atoms with Crippen molar-refractivity contribution in [3.63, 3.8) is 0 Å². The minimum absolute atomic E-state index is 0.00116. The summed E-state index contributed by atoms with van der Waals surface area (Å²) in [5.74, 6) is -8.56. The molecule has 0 amide bonds. The molecular formula is C44H47O25+. The topological polar surface area (TPSA) is 384 Å². The Morgan fingerprint density at radius 3 is 1.90 bits per heavy atom. The molecule has 69 heavy (non-hydrogen) atoms. The number of aromatic hydroxyl groups is 4. The second-order valence-electron chi connectivity index (χ2n) is 15.3. The van der Waals surface area contributed by atoms with Crippen LogP contribution in [0.15, 0.2) is 60.4 Å². The number of carbonyl (C=O) groups excluding carboxylic acids is 3. The maximum atomic E-state index is 12.6. The van der Waals surface area contributed by atoms with Crippen LogP contribution in [-0.4, -0.2) is 174 Å². The van der Waals surface area contributed by atoms with Gasteiger partial charge in [-0.3, -0.25) is 19.2 Å². The molecule has 0 spiro atoms. The summed E-state index contributed by atoms with van der Waals surface area (Å²) in [4.78, 5) is 59.3. The van der Waals surface area contributed by atoms with Crippen LogP contribution in [0.25, 0.3) is 12.2 Å². The summed E-state index contributed by atoms with van der Waals surface area (Å²) in [6, 6.07) is 10.7. The Labute approximate surface area is 389 Å². The van der Waals surface area contributed by atoms with Crippen LogP contribution in [0, 0.1) is 0 Å². The summed E-state index contributed by atoms with van der Waals surface area (Å²) in [7, 11) is 2.50. The van der Waals surface area contributed by atoms with Crippen LogP contribution < -0.4 is 14.2 Å². The average molecular weight is 976 g/mol. The van der Waals surface area contributed by atoms with Crippen LogP contribution in [0.3, 0.4) is 0 Å². The minimum Gasteiger partial charge on any atom is -0.571 e. The number of carboxylic acid groups (broad SMARTS) is 2. The zero-order chi connectivity index (χ0) is 50.3. The number of phenolic OH excluding ortho intramolecular Hbond substituents is 3. The first-order valence-electron chi connectivity index (χ1n) is 20.5. The third-order valence-corrected chi connectivity index (χ3v) is 10.5. The van der Waals surface area contributed by atoms with Crippen LogP contribution >= 0.6 is 0 Å². The summed E-state index contributed by atoms with van der Waals surface area (Å²) in [5, 5.41) is 104. The SMILES string of the molecule is COc1cc(C2[OH+]c3cc(O)cc(OC4OC(COC(=O)CC(=O)O)C(OC(=O)CC(=O)O)C(O)C4O)c3C=C2OC2OC(COC(=O)C=Cc3ccc(O)cc3)C(O)C(O)C2O)cc(OC)c1O. The second kappa shape index (κ2) is 22.1. The van der Waals surface area contributed by atoms with Gasteiger partial charge in [0.25, 0.3) is 11.9 Å². The third-order valence-electron chi connectivity index (χ3n) is 10.5. The Kier molecular flexibility index (Phi) is 16.4. The van der Waals surface area contributed by atoms with Crippen molar-refractivity contribution in [2.24, 2.45) is 0 Å². The van der Waals surface area contributed by atoms with Gasteiger partial charge in [-0.15, -0.1) is 0 Å². The van der Waals surface area contributed by atoms with E-state index in [1.54, 1.807) is 0 Å². The summed E-state index contributed by atoms with van der Waals surface area (Å²) < 4.78 is 54.4. The van der Waals surface area contributed by atoms with Gasteiger partial charge in [0.2, 0.25) is 18.3 Å². The first kappa shape index (κ1) is 51.0. The standard InChI is InChI=1S/C44H46O25/c1-60-25-9-19(10-26(61-2)35(25)54)41-27(66-43-39(58)37(56)36(55)28(67-43)16-62-32(51)8-5-18-3-6-20(45)7-4-18)13-22-23(64-41)11-21(46)12-24(22)65-44-40(59)38(57)42(69-34(53)15-31(49)50)29(68-44)17-63-33(52)14-30(47)48/h3-13,28-29,36-46,54-59H,14-17H2,1-2H3,(H,47,48)(H,49,50)/p+1. The van der Waals surface area contributed by atoms with Crippen molar-refractivity contribution in [1.29, 1.82) is 0 Å². The van der Waals surface area contributed by atoms with Crippen LogP contribution in [0.2, 0.25) is 0 Å². The van der Waals surface area contributed by atoms with E-state index in [1.807, 2.05) is 0 Å². The van der Waals surface area contributed by atoms with Crippen LogP contribution in [-0.2, 0) is 52.4 Å². The zero-order valence-corrected chi connectivity index (χ0v) is 36.2. The Balaban J connectivity index is 1.33. The van der Waals surface area contributed by atoms with Crippen LogP contribution in [0.4, 0.5) is 0 Å². The zero-order valence-electron chi connectivity index (χ0n) is 36.2. The van der Waals surface area contributed by atoms with E-state index in [4.69, 9.17) is 57.6 Å². The molecule has 3 heterocycles. The van der Waals surface area contributed by atoms with Gasteiger partial charge in [0.05, 0.1) is 25.8 Å². The molecule has 0 radical (unpaired) electrons. The van der Waals surface area contributed by atoms with Crippen molar-refractivity contribution >= 4 is 42.0 Å². The molecule has 372 valence electrons. The van der Waals surface area contributed by atoms with E-state index in [-0.39, 0.29) is 45.6 Å². The number of carboxylic acids is 2. The van der Waals surface area contributed by atoms with Crippen molar-refractivity contribution < 1.29 is 122 Å². The van der Waals surface area contributed by atoms with Crippen molar-refractivity contribution in [2.45, 2.75) is 80.4 Å². The van der Waals surface area contributed by atoms with Gasteiger partial charge in [0, 0.05) is 18.2 Å². The Morgan fingerprint density at radius 2 is 1.26 bits per heavy atom. The molecule has 11 atom stereocenters. The van der Waals surface area contributed by atoms with E-state index in [0.717, 1.165) is 12.1 Å². The normalized spacial score (nSPS) is 26.3. The van der Waals surface area contributed by atoms with E-state index in [1.165, 1.54) is 68.8 Å². The average Bonchev–Trinajstić information content (AvgIpc) is 3.30. The lowest BCUT2D eigenvalue weighted by atomic mass is 9.98. The number of benzene rings is 3. The highest BCUT2D eigenvalue weighted by molar-refractivity contribution is 5.90. The number of ether oxygens (including phenoxy) is 10. The quantitative estimate of drug-likeness (QED) is 0.0252. The third kappa shape index (κ3) is 12.4. The molecule has 3 aliphatic rings. The highest BCUT2D eigenvalue weighted by atomic mass is 16.7. The number of phenols is 3. The molecular weight excluding hydrogens is 928 g/mol. The minimum atomic E-state index is -2.14. The van der Waals surface area contributed by atoms with Gasteiger partial charge >= 0.3 is 29.8 Å². The number of aliphatic hydroxyl groups is 6. The molecule has 3 aromatic carbocycles. The Hall–Kier alpha value is -7.39. The van der Waals surface area contributed by atoms with Crippen molar-refractivity contribution in [1.82, 2.24) is 0 Å². The Morgan fingerprint density at radius 1 is 0.667 bits per heavy atom. The van der Waals surface area contributed by atoms with Gasteiger partial charge in [-0.25, -0.2) is 4.79 Å². The van der Waals surface area contributed by atoms with E-state index in [9.17, 15) is 64.8 Å². The molecule has 0 bridgehead atoms. The molecule has 2 saturated heterocycles. The molecule has 3 aliphatic heterocycles. The number of esters is 3. The molecule has 11 N–H and O–H groups in total. The van der Waals surface area contributed by atoms with Crippen molar-refractivity contribution in [3.8, 4) is 40.2 Å². The number of aliphatic hydroxyl groups excluding tert-OH is 5. The molecule has 3 aromatic rings. The second-order valence-corrected chi connectivity index (χ2v) is 15.3. The van der Waals surface area contributed by atoms with Crippen molar-refractivity contribution in [2.75, 3.05) is 27.4 Å². The van der Waals surface area contributed by atoms with E-state index < -0.39 is 135 Å². The molecule has 0 aromatic heterocycles.